The molecule has 2 aliphatic carbocycles. The zero-order chi connectivity index (χ0) is 23.5. The average Bonchev–Trinajstić information content (AvgIpc) is 3.62. The molecular weight excluding hydrogens is 422 g/mol. The van der Waals surface area contributed by atoms with Crippen LogP contribution in [0.4, 0.5) is 5.95 Å². The summed E-state index contributed by atoms with van der Waals surface area (Å²) in [5.41, 5.74) is 4.75. The third-order valence-electron chi connectivity index (χ3n) is 7.73. The summed E-state index contributed by atoms with van der Waals surface area (Å²) in [5.74, 6) is 1.62. The molecule has 3 aromatic rings. The normalized spacial score (nSPS) is 20.8. The van der Waals surface area contributed by atoms with Crippen LogP contribution in [0.1, 0.15) is 70.4 Å². The maximum absolute atomic E-state index is 10.0. The highest BCUT2D eigenvalue weighted by Crippen LogP contribution is 2.37. The van der Waals surface area contributed by atoms with Crippen LogP contribution in [0.25, 0.3) is 22.2 Å². The molecule has 0 saturated heterocycles. The first kappa shape index (κ1) is 23.3. The summed E-state index contributed by atoms with van der Waals surface area (Å²) in [6, 6.07) is 9.36. The van der Waals surface area contributed by atoms with E-state index in [1.165, 1.54) is 36.0 Å². The minimum absolute atomic E-state index is 0.162. The van der Waals surface area contributed by atoms with Crippen molar-refractivity contribution in [3.63, 3.8) is 0 Å². The number of fused-ring (bicyclic) bond motifs is 1. The molecule has 1 aromatic carbocycles. The Labute approximate surface area is 203 Å². The molecule has 6 heteroatoms. The summed E-state index contributed by atoms with van der Waals surface area (Å²) in [4.78, 5) is 12.1. The van der Waals surface area contributed by atoms with E-state index in [2.05, 4.69) is 64.1 Å². The molecule has 34 heavy (non-hydrogen) atoms. The fourth-order valence-electron chi connectivity index (χ4n) is 5.25. The van der Waals surface area contributed by atoms with Crippen molar-refractivity contribution in [1.82, 2.24) is 19.4 Å². The molecule has 0 aliphatic heterocycles. The summed E-state index contributed by atoms with van der Waals surface area (Å²) in [6.07, 6.45) is 11.7. The van der Waals surface area contributed by atoms with Crippen LogP contribution in [0, 0.1) is 5.92 Å². The number of rotatable bonds is 10. The van der Waals surface area contributed by atoms with Crippen molar-refractivity contribution in [2.75, 3.05) is 25.0 Å². The molecule has 2 fully saturated rings. The molecule has 0 bridgehead atoms. The summed E-state index contributed by atoms with van der Waals surface area (Å²) in [5, 5.41) is 14.6. The summed E-state index contributed by atoms with van der Waals surface area (Å²) in [7, 11) is 0. The SMILES string of the molecule is CCN(CC)Cc1ccc(-c2cn(C3CCC(O)CC3)c3nc(NCCC4CC4)ncc23)cc1. The first-order chi connectivity index (χ1) is 16.6. The number of nitrogens with one attached hydrogen (secondary N) is 1. The lowest BCUT2D eigenvalue weighted by Crippen LogP contribution is -2.21. The monoisotopic (exact) mass is 461 g/mol. The number of aliphatic hydroxyl groups excluding tert-OH is 1. The summed E-state index contributed by atoms with van der Waals surface area (Å²) < 4.78 is 2.36. The van der Waals surface area contributed by atoms with Gasteiger partial charge < -0.3 is 15.0 Å². The number of aliphatic hydroxyl groups is 1. The van der Waals surface area contributed by atoms with E-state index in [4.69, 9.17) is 4.98 Å². The molecule has 0 radical (unpaired) electrons. The number of anilines is 1. The van der Waals surface area contributed by atoms with Crippen molar-refractivity contribution in [1.29, 1.82) is 0 Å². The standard InChI is InChI=1S/C28H39N5O/c1-3-32(4-2)18-21-7-9-22(10-8-21)26-19-33(23-11-13-24(34)14-12-23)27-25(26)17-30-28(31-27)29-16-15-20-5-6-20/h7-10,17,19-20,23-24,34H,3-6,11-16,18H2,1-2H3,(H,29,30,31). The third-order valence-corrected chi connectivity index (χ3v) is 7.73. The van der Waals surface area contributed by atoms with Gasteiger partial charge in [0.15, 0.2) is 0 Å². The van der Waals surface area contributed by atoms with Crippen molar-refractivity contribution >= 4 is 17.0 Å². The Morgan fingerprint density at radius 1 is 1.03 bits per heavy atom. The third kappa shape index (κ3) is 5.28. The highest BCUT2D eigenvalue weighted by Gasteiger charge is 2.25. The molecule has 2 saturated carbocycles. The van der Waals surface area contributed by atoms with Gasteiger partial charge in [-0.25, -0.2) is 4.98 Å². The molecule has 5 rings (SSSR count). The molecule has 2 aromatic heterocycles. The Bertz CT molecular complexity index is 1080. The average molecular weight is 462 g/mol. The van der Waals surface area contributed by atoms with Crippen LogP contribution in [0.15, 0.2) is 36.7 Å². The highest BCUT2D eigenvalue weighted by atomic mass is 16.3. The summed E-state index contributed by atoms with van der Waals surface area (Å²) in [6.45, 7) is 8.48. The predicted molar refractivity (Wildman–Crippen MR) is 139 cm³/mol. The maximum atomic E-state index is 10.0. The van der Waals surface area contributed by atoms with E-state index in [9.17, 15) is 5.11 Å². The Hall–Kier alpha value is -2.44. The first-order valence-electron chi connectivity index (χ1n) is 13.3. The molecule has 0 unspecified atom stereocenters. The van der Waals surface area contributed by atoms with Crippen LogP contribution in [0.3, 0.4) is 0 Å². The quantitative estimate of drug-likeness (QED) is 0.410. The fourth-order valence-corrected chi connectivity index (χ4v) is 5.25. The van der Waals surface area contributed by atoms with E-state index in [1.54, 1.807) is 0 Å². The second-order valence-electron chi connectivity index (χ2n) is 10.2. The van der Waals surface area contributed by atoms with Gasteiger partial charge in [0.1, 0.15) is 5.65 Å². The van der Waals surface area contributed by atoms with E-state index >= 15 is 0 Å². The number of aromatic nitrogens is 3. The van der Waals surface area contributed by atoms with E-state index in [1.807, 2.05) is 6.20 Å². The van der Waals surface area contributed by atoms with E-state index < -0.39 is 0 Å². The molecule has 2 aliphatic rings. The smallest absolute Gasteiger partial charge is 0.224 e. The molecule has 182 valence electrons. The Morgan fingerprint density at radius 2 is 1.76 bits per heavy atom. The van der Waals surface area contributed by atoms with Gasteiger partial charge in [-0.15, -0.1) is 0 Å². The lowest BCUT2D eigenvalue weighted by molar-refractivity contribution is 0.111. The van der Waals surface area contributed by atoms with Gasteiger partial charge in [-0.2, -0.15) is 4.98 Å². The van der Waals surface area contributed by atoms with Gasteiger partial charge in [-0.1, -0.05) is 51.0 Å². The van der Waals surface area contributed by atoms with Crippen molar-refractivity contribution < 1.29 is 5.11 Å². The second kappa shape index (κ2) is 10.4. The van der Waals surface area contributed by atoms with Crippen LogP contribution < -0.4 is 5.32 Å². The lowest BCUT2D eigenvalue weighted by Gasteiger charge is -2.27. The maximum Gasteiger partial charge on any atom is 0.224 e. The minimum atomic E-state index is -0.162. The number of hydrogen-bond donors (Lipinski definition) is 2. The van der Waals surface area contributed by atoms with E-state index in [0.717, 1.165) is 74.8 Å². The van der Waals surface area contributed by atoms with E-state index in [0.29, 0.717) is 6.04 Å². The van der Waals surface area contributed by atoms with Gasteiger partial charge in [-0.3, -0.25) is 4.90 Å². The Balaban J connectivity index is 1.44. The van der Waals surface area contributed by atoms with Crippen molar-refractivity contribution in [2.45, 2.75) is 77.5 Å². The number of benzene rings is 1. The number of hydrogen-bond acceptors (Lipinski definition) is 5. The molecule has 0 spiro atoms. The van der Waals surface area contributed by atoms with Gasteiger partial charge in [-0.05, 0) is 62.2 Å². The van der Waals surface area contributed by atoms with Gasteiger partial charge >= 0.3 is 0 Å². The number of nitrogens with zero attached hydrogens (tertiary/aromatic N) is 4. The van der Waals surface area contributed by atoms with Crippen LogP contribution in [0.2, 0.25) is 0 Å². The Morgan fingerprint density at radius 3 is 2.44 bits per heavy atom. The minimum Gasteiger partial charge on any atom is -0.393 e. The van der Waals surface area contributed by atoms with Crippen LogP contribution in [0.5, 0.6) is 0 Å². The molecular formula is C28H39N5O. The van der Waals surface area contributed by atoms with Gasteiger partial charge in [0, 0.05) is 42.5 Å². The zero-order valence-corrected chi connectivity index (χ0v) is 20.7. The van der Waals surface area contributed by atoms with Crippen LogP contribution in [-0.4, -0.2) is 50.3 Å². The summed E-state index contributed by atoms with van der Waals surface area (Å²) >= 11 is 0. The fraction of sp³-hybridized carbons (Fsp3) is 0.571. The van der Waals surface area contributed by atoms with Crippen LogP contribution >= 0.6 is 0 Å². The van der Waals surface area contributed by atoms with Gasteiger partial charge in [0.25, 0.3) is 0 Å². The van der Waals surface area contributed by atoms with E-state index in [-0.39, 0.29) is 6.10 Å². The van der Waals surface area contributed by atoms with Gasteiger partial charge in [0.05, 0.1) is 6.10 Å². The largest absolute Gasteiger partial charge is 0.393 e. The first-order valence-corrected chi connectivity index (χ1v) is 13.3. The highest BCUT2D eigenvalue weighted by molar-refractivity contribution is 5.94. The molecule has 2 N–H and O–H groups in total. The lowest BCUT2D eigenvalue weighted by atomic mass is 9.93. The molecule has 2 heterocycles. The van der Waals surface area contributed by atoms with Crippen molar-refractivity contribution in [2.24, 2.45) is 5.92 Å². The van der Waals surface area contributed by atoms with Crippen molar-refractivity contribution in [3.05, 3.63) is 42.2 Å². The molecule has 6 nitrogen and oxygen atoms in total. The Kier molecular flexibility index (Phi) is 7.16. The predicted octanol–water partition coefficient (Wildman–Crippen LogP) is 5.63. The van der Waals surface area contributed by atoms with Crippen molar-refractivity contribution in [3.8, 4) is 11.1 Å². The molecule has 0 amide bonds. The van der Waals surface area contributed by atoms with Gasteiger partial charge in [0.2, 0.25) is 5.95 Å². The molecule has 0 atom stereocenters. The zero-order valence-electron chi connectivity index (χ0n) is 20.7. The topological polar surface area (TPSA) is 66.2 Å². The second-order valence-corrected chi connectivity index (χ2v) is 10.2. The van der Waals surface area contributed by atoms with Crippen LogP contribution in [-0.2, 0) is 6.54 Å².